The molecule has 0 fully saturated rings. The number of furan rings is 1. The highest BCUT2D eigenvalue weighted by molar-refractivity contribution is 8.04. The SMILES string of the molecule is CCn1c(S/C(=C\c2ccc(-c3ccc(F)c([N+](=O)[O-])c3)o2)C(=O)O)nnc1-c1ccc(Cl)cc1. The van der Waals surface area contributed by atoms with Gasteiger partial charge < -0.3 is 14.1 Å². The molecule has 0 aliphatic heterocycles. The average Bonchev–Trinajstić information content (AvgIpc) is 3.46. The minimum absolute atomic E-state index is 0.0826. The van der Waals surface area contributed by atoms with Crippen LogP contribution in [-0.4, -0.2) is 30.8 Å². The fourth-order valence-electron chi connectivity index (χ4n) is 3.22. The first-order chi connectivity index (χ1) is 16.8. The lowest BCUT2D eigenvalue weighted by Gasteiger charge is -2.07. The number of halogens is 2. The van der Waals surface area contributed by atoms with Gasteiger partial charge in [0, 0.05) is 34.8 Å². The molecule has 4 aromatic rings. The Morgan fingerprint density at radius 3 is 2.57 bits per heavy atom. The number of rotatable bonds is 8. The van der Waals surface area contributed by atoms with Crippen molar-refractivity contribution >= 4 is 41.1 Å². The van der Waals surface area contributed by atoms with Gasteiger partial charge in [-0.15, -0.1) is 10.2 Å². The fourth-order valence-corrected chi connectivity index (χ4v) is 4.21. The summed E-state index contributed by atoms with van der Waals surface area (Å²) in [5.74, 6) is -1.19. The molecule has 0 radical (unpaired) electrons. The molecule has 9 nitrogen and oxygen atoms in total. The number of aliphatic carboxylic acids is 1. The van der Waals surface area contributed by atoms with E-state index in [1.807, 2.05) is 6.92 Å². The fraction of sp³-hybridized carbons (Fsp3) is 0.0870. The molecule has 0 atom stereocenters. The number of nitro groups is 1. The number of hydrogen-bond acceptors (Lipinski definition) is 7. The van der Waals surface area contributed by atoms with E-state index in [2.05, 4.69) is 10.2 Å². The molecule has 0 bridgehead atoms. The lowest BCUT2D eigenvalue weighted by atomic mass is 10.1. The van der Waals surface area contributed by atoms with Gasteiger partial charge in [0.25, 0.3) is 0 Å². The molecule has 12 heteroatoms. The second-order valence-electron chi connectivity index (χ2n) is 7.10. The molecule has 0 saturated carbocycles. The number of carboxylic acids is 1. The summed E-state index contributed by atoms with van der Waals surface area (Å²) in [7, 11) is 0. The van der Waals surface area contributed by atoms with Crippen LogP contribution < -0.4 is 0 Å². The van der Waals surface area contributed by atoms with Crippen molar-refractivity contribution in [2.24, 2.45) is 0 Å². The zero-order valence-electron chi connectivity index (χ0n) is 18.0. The summed E-state index contributed by atoms with van der Waals surface area (Å²) in [6.45, 7) is 2.38. The third kappa shape index (κ3) is 5.26. The highest BCUT2D eigenvalue weighted by Crippen LogP contribution is 2.33. The van der Waals surface area contributed by atoms with E-state index in [1.54, 1.807) is 28.8 Å². The second-order valence-corrected chi connectivity index (χ2v) is 8.54. The van der Waals surface area contributed by atoms with Crippen LogP contribution in [0.5, 0.6) is 0 Å². The van der Waals surface area contributed by atoms with Gasteiger partial charge in [-0.2, -0.15) is 4.39 Å². The number of thioether (sulfide) groups is 1. The quantitative estimate of drug-likeness (QED) is 0.128. The lowest BCUT2D eigenvalue weighted by molar-refractivity contribution is -0.387. The molecule has 0 spiro atoms. The summed E-state index contributed by atoms with van der Waals surface area (Å²) in [4.78, 5) is 22.0. The van der Waals surface area contributed by atoms with Crippen molar-refractivity contribution in [3.63, 3.8) is 0 Å². The van der Waals surface area contributed by atoms with Gasteiger partial charge in [-0.1, -0.05) is 11.6 Å². The Bertz CT molecular complexity index is 1450. The molecule has 2 aromatic heterocycles. The molecule has 0 aliphatic rings. The van der Waals surface area contributed by atoms with Crippen molar-refractivity contribution in [3.05, 3.63) is 86.2 Å². The van der Waals surface area contributed by atoms with Crippen molar-refractivity contribution in [1.29, 1.82) is 0 Å². The Morgan fingerprint density at radius 2 is 1.91 bits per heavy atom. The molecule has 0 aliphatic carbocycles. The predicted octanol–water partition coefficient (Wildman–Crippen LogP) is 6.14. The predicted molar refractivity (Wildman–Crippen MR) is 128 cm³/mol. The van der Waals surface area contributed by atoms with Crippen molar-refractivity contribution in [2.45, 2.75) is 18.6 Å². The zero-order valence-corrected chi connectivity index (χ0v) is 19.6. The molecular weight excluding hydrogens is 499 g/mol. The van der Waals surface area contributed by atoms with E-state index in [0.29, 0.717) is 22.5 Å². The standard InChI is InChI=1S/C23H16ClFN4O5S/c1-2-28-21(13-3-6-15(24)7-4-13)26-27-23(28)35-20(22(30)31)12-16-8-10-19(34-16)14-5-9-17(25)18(11-14)29(32)33/h3-12H,2H2,1H3,(H,30,31)/b20-12-. The van der Waals surface area contributed by atoms with E-state index < -0.39 is 22.4 Å². The minimum atomic E-state index is -1.20. The van der Waals surface area contributed by atoms with Gasteiger partial charge in [0.2, 0.25) is 5.82 Å². The van der Waals surface area contributed by atoms with Crippen molar-refractivity contribution in [1.82, 2.24) is 14.8 Å². The molecule has 1 N–H and O–H groups in total. The zero-order chi connectivity index (χ0) is 25.1. The van der Waals surface area contributed by atoms with Crippen LogP contribution in [0.2, 0.25) is 5.02 Å². The smallest absolute Gasteiger partial charge is 0.342 e. The van der Waals surface area contributed by atoms with Gasteiger partial charge in [0.15, 0.2) is 11.0 Å². The second kappa shape index (κ2) is 10.1. The van der Waals surface area contributed by atoms with Crippen LogP contribution in [0.25, 0.3) is 28.8 Å². The maximum atomic E-state index is 13.6. The largest absolute Gasteiger partial charge is 0.477 e. The van der Waals surface area contributed by atoms with Gasteiger partial charge >= 0.3 is 11.7 Å². The average molecular weight is 515 g/mol. The van der Waals surface area contributed by atoms with E-state index in [1.165, 1.54) is 24.3 Å². The van der Waals surface area contributed by atoms with Gasteiger partial charge in [-0.3, -0.25) is 10.1 Å². The normalized spacial score (nSPS) is 11.6. The number of carbonyl (C=O) groups is 1. The Balaban J connectivity index is 1.63. The van der Waals surface area contributed by atoms with Crippen LogP contribution in [0.4, 0.5) is 10.1 Å². The molecule has 2 aromatic carbocycles. The van der Waals surface area contributed by atoms with Crippen molar-refractivity contribution < 1.29 is 23.6 Å². The van der Waals surface area contributed by atoms with Crippen molar-refractivity contribution in [3.8, 4) is 22.7 Å². The van der Waals surface area contributed by atoms with E-state index >= 15 is 0 Å². The van der Waals surface area contributed by atoms with E-state index in [-0.39, 0.29) is 22.0 Å². The topological polar surface area (TPSA) is 124 Å². The molecule has 0 amide bonds. The summed E-state index contributed by atoms with van der Waals surface area (Å²) < 4.78 is 21.1. The number of nitro benzene ring substituents is 1. The highest BCUT2D eigenvalue weighted by Gasteiger charge is 2.20. The number of hydrogen-bond donors (Lipinski definition) is 1. The Kier molecular flexibility index (Phi) is 6.99. The van der Waals surface area contributed by atoms with Gasteiger partial charge in [-0.25, -0.2) is 4.79 Å². The molecular formula is C23H16ClFN4O5S. The van der Waals surface area contributed by atoms with Gasteiger partial charge in [-0.05, 0) is 67.2 Å². The first-order valence-corrected chi connectivity index (χ1v) is 11.3. The highest BCUT2D eigenvalue weighted by atomic mass is 35.5. The first kappa shape index (κ1) is 24.2. The van der Waals surface area contributed by atoms with Crippen LogP contribution in [0.3, 0.4) is 0 Å². The third-order valence-electron chi connectivity index (χ3n) is 4.88. The molecule has 0 saturated heterocycles. The molecule has 178 valence electrons. The molecule has 4 rings (SSSR count). The summed E-state index contributed by atoms with van der Waals surface area (Å²) in [5, 5.41) is 30.0. The summed E-state index contributed by atoms with van der Waals surface area (Å²) in [6, 6.07) is 13.4. The Labute approximate surface area is 207 Å². The van der Waals surface area contributed by atoms with Crippen LogP contribution in [0.1, 0.15) is 12.7 Å². The summed E-state index contributed by atoms with van der Waals surface area (Å²) in [6.07, 6.45) is 1.31. The monoisotopic (exact) mass is 514 g/mol. The Morgan fingerprint density at radius 1 is 1.20 bits per heavy atom. The van der Waals surface area contributed by atoms with Crippen LogP contribution >= 0.6 is 23.4 Å². The first-order valence-electron chi connectivity index (χ1n) is 10.1. The number of carboxylic acid groups (broad SMARTS) is 1. The minimum Gasteiger partial charge on any atom is -0.477 e. The maximum absolute atomic E-state index is 13.6. The van der Waals surface area contributed by atoms with E-state index in [9.17, 15) is 24.4 Å². The van der Waals surface area contributed by atoms with Gasteiger partial charge in [0.1, 0.15) is 16.4 Å². The van der Waals surface area contributed by atoms with E-state index in [4.69, 9.17) is 16.0 Å². The van der Waals surface area contributed by atoms with Gasteiger partial charge in [0.05, 0.1) is 4.92 Å². The van der Waals surface area contributed by atoms with E-state index in [0.717, 1.165) is 29.5 Å². The third-order valence-corrected chi connectivity index (χ3v) is 6.12. The Hall–Kier alpha value is -3.96. The number of nitrogens with zero attached hydrogens (tertiary/aromatic N) is 4. The van der Waals surface area contributed by atoms with Crippen LogP contribution in [0.15, 0.2) is 69.1 Å². The maximum Gasteiger partial charge on any atom is 0.342 e. The molecule has 2 heterocycles. The summed E-state index contributed by atoms with van der Waals surface area (Å²) >= 11 is 6.85. The number of benzene rings is 2. The molecule has 0 unspecified atom stereocenters. The number of aromatic nitrogens is 3. The summed E-state index contributed by atoms with van der Waals surface area (Å²) in [5.41, 5.74) is 0.370. The lowest BCUT2D eigenvalue weighted by Crippen LogP contribution is -2.02. The molecule has 35 heavy (non-hydrogen) atoms. The van der Waals surface area contributed by atoms with Crippen LogP contribution in [-0.2, 0) is 11.3 Å². The van der Waals surface area contributed by atoms with Crippen molar-refractivity contribution in [2.75, 3.05) is 0 Å². The van der Waals surface area contributed by atoms with Crippen LogP contribution in [0, 0.1) is 15.9 Å².